The molecule has 8 aromatic heterocycles. The number of hydrogen-bond donors (Lipinski definition) is 0. The summed E-state index contributed by atoms with van der Waals surface area (Å²) in [6, 6.07) is 128. The Balaban J connectivity index is 0.000000110. The standard InChI is InChI=1S/2C45H33N3O2.C39H31N3O/c1-44(2)34-23-27(21-22-28(34)32-24-33-29-15-8-10-18-36(29)50-39(33)25-35(32)45(44,3)4)42-46-41(26-13-6-5-7-14-26)47-43(48-42)31-17-12-20-38-40(31)30-16-9-11-19-37(30)49-38;1-44(2)33-25-27(21-22-28(33)29-23-24-37-39(40(29)45(44,3)4)31-16-9-11-19-35(31)50-37)42-46-41(26-13-6-5-7-14-26)47-43(48-42)32-17-12-20-36-38(32)30-15-8-10-18-34(30)49-36;1-38(2)30-23-26(37-41-35(24-13-7-5-8-14-24)40-36(42-37)25-15-9-6-10-16-25)19-20-27(30)28-21-22-32-33(34(28)39(38,3)4)29-17-11-12-18-31(29)43-32/h2*5-25H,1-4H3;5-23H,1-4H3. The summed E-state index contributed by atoms with van der Waals surface area (Å²) in [4.78, 5) is 45.7. The van der Waals surface area contributed by atoms with Gasteiger partial charge in [0.25, 0.3) is 0 Å². The molecule has 17 aromatic carbocycles. The van der Waals surface area contributed by atoms with Crippen molar-refractivity contribution in [3.63, 3.8) is 0 Å². The molecule has 25 aromatic rings. The van der Waals surface area contributed by atoms with Crippen LogP contribution in [0.2, 0.25) is 0 Å². The van der Waals surface area contributed by atoms with Crippen LogP contribution in [-0.2, 0) is 32.5 Å². The maximum atomic E-state index is 6.36. The minimum absolute atomic E-state index is 0.191. The topological polar surface area (TPSA) is 182 Å². The SMILES string of the molecule is CC1(C)c2cc(-c3nc(-c4ccccc4)nc(-c4cccc5oc6ccccc6c45)n3)ccc2-c2cc3c(cc2C1(C)C)oc1ccccc13.CC1(C)c2cc(-c3nc(-c4ccccc4)nc(-c4cccc5oc6ccccc6c45)n3)ccc2-c2ccc3oc4ccccc4c3c2C1(C)C.CC1(C)c2cc(-c3nc(-c4ccccc4)nc(-c4ccccc4)n3)ccc2-c2ccc3oc4ccccc4c3c2C1(C)C. The zero-order valence-electron chi connectivity index (χ0n) is 81.3. The molecule has 0 radical (unpaired) electrons. The van der Waals surface area contributed by atoms with Gasteiger partial charge in [0.2, 0.25) is 0 Å². The van der Waals surface area contributed by atoms with E-state index in [9.17, 15) is 0 Å². The van der Waals surface area contributed by atoms with E-state index < -0.39 is 0 Å². The first-order chi connectivity index (χ1) is 69.4. The Morgan fingerprint density at radius 3 is 0.734 bits per heavy atom. The zero-order valence-corrected chi connectivity index (χ0v) is 81.3. The van der Waals surface area contributed by atoms with E-state index >= 15 is 0 Å². The van der Waals surface area contributed by atoms with Crippen molar-refractivity contribution >= 4 is 110 Å². The average Bonchev–Trinajstić information content (AvgIpc) is 1.69. The lowest BCUT2D eigenvalue weighted by Crippen LogP contribution is -2.43. The van der Waals surface area contributed by atoms with Gasteiger partial charge in [0.1, 0.15) is 55.8 Å². The first-order valence-electron chi connectivity index (χ1n) is 49.0. The summed E-state index contributed by atoms with van der Waals surface area (Å²) in [7, 11) is 0. The Morgan fingerprint density at radius 1 is 0.147 bits per heavy atom. The molecule has 0 saturated carbocycles. The summed E-state index contributed by atoms with van der Waals surface area (Å²) in [5.74, 6) is 5.77. The van der Waals surface area contributed by atoms with Crippen molar-refractivity contribution in [1.29, 1.82) is 0 Å². The van der Waals surface area contributed by atoms with Gasteiger partial charge in [-0.05, 0) is 173 Å². The van der Waals surface area contributed by atoms with Gasteiger partial charge in [-0.3, -0.25) is 0 Å². The smallest absolute Gasteiger partial charge is 0.164 e. The van der Waals surface area contributed by atoms with E-state index in [4.69, 9.17) is 66.9 Å². The molecule has 688 valence electrons. The van der Waals surface area contributed by atoms with Gasteiger partial charge < -0.3 is 22.1 Å². The summed E-state index contributed by atoms with van der Waals surface area (Å²) in [5.41, 5.74) is 31.4. The van der Waals surface area contributed by atoms with Gasteiger partial charge in [0, 0.05) is 115 Å². The lowest BCUT2D eigenvalue weighted by Gasteiger charge is -2.48. The number of rotatable bonds is 9. The minimum Gasteiger partial charge on any atom is -0.456 e. The third kappa shape index (κ3) is 13.5. The number of furan rings is 5. The minimum atomic E-state index is -0.239. The van der Waals surface area contributed by atoms with Gasteiger partial charge in [-0.25, -0.2) is 44.9 Å². The van der Waals surface area contributed by atoms with Crippen LogP contribution in [0.1, 0.15) is 116 Å². The maximum Gasteiger partial charge on any atom is 0.164 e. The van der Waals surface area contributed by atoms with Crippen molar-refractivity contribution < 1.29 is 22.1 Å². The molecule has 0 atom stereocenters. The molecular weight excluding hydrogens is 1760 g/mol. The fraction of sp³-hybridized carbons (Fsp3) is 0.140. The van der Waals surface area contributed by atoms with Crippen LogP contribution >= 0.6 is 0 Å². The van der Waals surface area contributed by atoms with E-state index in [2.05, 4.69) is 247 Å². The number of nitrogens with zero attached hydrogens (tertiary/aromatic N) is 9. The average molecular weight is 1850 g/mol. The molecule has 0 spiro atoms. The molecule has 0 aliphatic heterocycles. The molecule has 0 amide bonds. The van der Waals surface area contributed by atoms with E-state index in [0.29, 0.717) is 52.4 Å². The fourth-order valence-corrected chi connectivity index (χ4v) is 22.7. The highest BCUT2D eigenvalue weighted by atomic mass is 16.3. The summed E-state index contributed by atoms with van der Waals surface area (Å²) < 4.78 is 31.5. The molecule has 28 rings (SSSR count). The van der Waals surface area contributed by atoms with Crippen molar-refractivity contribution in [3.8, 4) is 136 Å². The Kier molecular flexibility index (Phi) is 19.4. The van der Waals surface area contributed by atoms with Crippen LogP contribution in [0, 0.1) is 0 Å². The Hall–Kier alpha value is -17.2. The number of hydrogen-bond acceptors (Lipinski definition) is 14. The number of para-hydroxylation sites is 5. The lowest BCUT2D eigenvalue weighted by atomic mass is 9.54. The molecule has 14 nitrogen and oxygen atoms in total. The van der Waals surface area contributed by atoms with Gasteiger partial charge in [-0.2, -0.15) is 0 Å². The highest BCUT2D eigenvalue weighted by molar-refractivity contribution is 6.16. The molecule has 3 aliphatic carbocycles. The van der Waals surface area contributed by atoms with E-state index in [0.717, 1.165) is 144 Å². The van der Waals surface area contributed by atoms with Crippen molar-refractivity contribution in [1.82, 2.24) is 44.9 Å². The van der Waals surface area contributed by atoms with Crippen LogP contribution in [0.15, 0.2) is 392 Å². The van der Waals surface area contributed by atoms with Crippen molar-refractivity contribution in [3.05, 3.63) is 403 Å². The summed E-state index contributed by atoms with van der Waals surface area (Å²) >= 11 is 0. The third-order valence-electron chi connectivity index (χ3n) is 32.3. The summed E-state index contributed by atoms with van der Waals surface area (Å²) in [6.07, 6.45) is 0. The first kappa shape index (κ1) is 86.1. The van der Waals surface area contributed by atoms with E-state index in [1.807, 2.05) is 206 Å². The molecule has 3 aliphatic rings. The maximum absolute atomic E-state index is 6.36. The second kappa shape index (κ2) is 32.2. The predicted octanol–water partition coefficient (Wildman–Crippen LogP) is 33.8. The van der Waals surface area contributed by atoms with Crippen LogP contribution < -0.4 is 0 Å². The molecule has 14 heteroatoms. The van der Waals surface area contributed by atoms with Crippen molar-refractivity contribution in [2.24, 2.45) is 0 Å². The molecular formula is C129H97N9O5. The fourth-order valence-electron chi connectivity index (χ4n) is 22.7. The van der Waals surface area contributed by atoms with Gasteiger partial charge >= 0.3 is 0 Å². The van der Waals surface area contributed by atoms with Crippen LogP contribution in [0.4, 0.5) is 0 Å². The largest absolute Gasteiger partial charge is 0.456 e. The monoisotopic (exact) mass is 1850 g/mol. The van der Waals surface area contributed by atoms with Crippen molar-refractivity contribution in [2.75, 3.05) is 0 Å². The molecule has 0 saturated heterocycles. The second-order valence-electron chi connectivity index (χ2n) is 41.4. The molecule has 143 heavy (non-hydrogen) atoms. The molecule has 8 heterocycles. The second-order valence-corrected chi connectivity index (χ2v) is 41.4. The van der Waals surface area contributed by atoms with Gasteiger partial charge in [-0.15, -0.1) is 0 Å². The summed E-state index contributed by atoms with van der Waals surface area (Å²) in [5, 5.41) is 11.1. The number of aromatic nitrogens is 9. The number of benzene rings is 17. The summed E-state index contributed by atoms with van der Waals surface area (Å²) in [6.45, 7) is 28.3. The van der Waals surface area contributed by atoms with Crippen LogP contribution in [0.5, 0.6) is 0 Å². The van der Waals surface area contributed by atoms with Crippen molar-refractivity contribution in [2.45, 2.75) is 116 Å². The Bertz CT molecular complexity index is 9250. The highest BCUT2D eigenvalue weighted by Crippen LogP contribution is 2.61. The van der Waals surface area contributed by atoms with Gasteiger partial charge in [0.05, 0.1) is 0 Å². The lowest BCUT2D eigenvalue weighted by molar-refractivity contribution is 0.299. The predicted molar refractivity (Wildman–Crippen MR) is 579 cm³/mol. The normalized spacial score (nSPS) is 14.8. The zero-order chi connectivity index (χ0) is 96.9. The number of fused-ring (bicyclic) bond motifs is 26. The van der Waals surface area contributed by atoms with Crippen LogP contribution in [0.25, 0.3) is 246 Å². The highest BCUT2D eigenvalue weighted by Gasteiger charge is 2.51. The molecule has 0 bridgehead atoms. The van der Waals surface area contributed by atoms with E-state index in [-0.39, 0.29) is 32.5 Å². The molecule has 0 N–H and O–H groups in total. The molecule has 0 unspecified atom stereocenters. The van der Waals surface area contributed by atoms with Gasteiger partial charge in [0.15, 0.2) is 52.4 Å². The third-order valence-corrected chi connectivity index (χ3v) is 32.3. The van der Waals surface area contributed by atoms with Gasteiger partial charge in [-0.1, -0.05) is 368 Å². The van der Waals surface area contributed by atoms with Crippen LogP contribution in [-0.4, -0.2) is 44.9 Å². The Morgan fingerprint density at radius 2 is 0.392 bits per heavy atom. The Labute approximate surface area is 826 Å². The molecule has 0 fully saturated rings. The quantitative estimate of drug-likeness (QED) is 0.133. The van der Waals surface area contributed by atoms with E-state index in [1.165, 1.54) is 82.9 Å². The first-order valence-corrected chi connectivity index (χ1v) is 49.0. The van der Waals surface area contributed by atoms with Crippen LogP contribution in [0.3, 0.4) is 0 Å². The van der Waals surface area contributed by atoms with E-state index in [1.54, 1.807) is 0 Å².